The van der Waals surface area contributed by atoms with Crippen LogP contribution in [-0.2, 0) is 16.4 Å². The van der Waals surface area contributed by atoms with Crippen molar-refractivity contribution in [3.05, 3.63) is 63.2 Å². The molecular formula is C21H25N3O2S2. The van der Waals surface area contributed by atoms with Gasteiger partial charge in [0, 0.05) is 36.3 Å². The minimum Gasteiger partial charge on any atom is -0.265 e. The van der Waals surface area contributed by atoms with Crippen LogP contribution < -0.4 is 4.72 Å². The number of thiazole rings is 1. The van der Waals surface area contributed by atoms with E-state index in [2.05, 4.69) is 14.7 Å². The fraction of sp³-hybridized carbons (Fsp3) is 0.333. The van der Waals surface area contributed by atoms with E-state index in [-0.39, 0.29) is 0 Å². The standard InChI is InChI=1S/C21H25N3O2S2/c1-14-12-15(2)17(4)21(16(14)3)28(25,26)23-9-5-6-20-24-19(13-27-20)18-7-10-22-11-8-18/h7-8,10-13,23H,5-6,9H2,1-4H3. The molecule has 1 aromatic carbocycles. The highest BCUT2D eigenvalue weighted by Gasteiger charge is 2.21. The average Bonchev–Trinajstić information content (AvgIpc) is 3.13. The molecule has 0 atom stereocenters. The summed E-state index contributed by atoms with van der Waals surface area (Å²) in [7, 11) is -3.53. The first-order valence-corrected chi connectivity index (χ1v) is 11.6. The third-order valence-corrected chi connectivity index (χ3v) is 7.60. The maximum atomic E-state index is 12.8. The van der Waals surface area contributed by atoms with E-state index in [1.54, 1.807) is 23.7 Å². The van der Waals surface area contributed by atoms with E-state index < -0.39 is 10.0 Å². The van der Waals surface area contributed by atoms with E-state index in [0.717, 1.165) is 44.9 Å². The highest BCUT2D eigenvalue weighted by atomic mass is 32.2. The van der Waals surface area contributed by atoms with Crippen LogP contribution in [0.5, 0.6) is 0 Å². The average molecular weight is 416 g/mol. The SMILES string of the molecule is Cc1cc(C)c(C)c(S(=O)(=O)NCCCc2nc(-c3ccncc3)cs2)c1C. The topological polar surface area (TPSA) is 72.0 Å². The molecule has 1 N–H and O–H groups in total. The van der Waals surface area contributed by atoms with Gasteiger partial charge in [-0.05, 0) is 68.5 Å². The van der Waals surface area contributed by atoms with E-state index >= 15 is 0 Å². The van der Waals surface area contributed by atoms with Crippen LogP contribution in [0.3, 0.4) is 0 Å². The Labute approximate surface area is 170 Å². The molecule has 0 aliphatic carbocycles. The van der Waals surface area contributed by atoms with Gasteiger partial charge < -0.3 is 0 Å². The monoisotopic (exact) mass is 415 g/mol. The first-order chi connectivity index (χ1) is 13.3. The number of hydrogen-bond acceptors (Lipinski definition) is 5. The first-order valence-electron chi connectivity index (χ1n) is 9.21. The molecule has 0 spiro atoms. The Kier molecular flexibility index (Phi) is 6.27. The van der Waals surface area contributed by atoms with Crippen molar-refractivity contribution in [2.45, 2.75) is 45.4 Å². The van der Waals surface area contributed by atoms with Crippen molar-refractivity contribution in [1.29, 1.82) is 0 Å². The number of rotatable bonds is 7. The molecule has 0 saturated heterocycles. The highest BCUT2D eigenvalue weighted by Crippen LogP contribution is 2.26. The highest BCUT2D eigenvalue weighted by molar-refractivity contribution is 7.89. The van der Waals surface area contributed by atoms with Crippen molar-refractivity contribution >= 4 is 21.4 Å². The van der Waals surface area contributed by atoms with E-state index in [1.165, 1.54) is 0 Å². The lowest BCUT2D eigenvalue weighted by Gasteiger charge is -2.16. The summed E-state index contributed by atoms with van der Waals surface area (Å²) in [6, 6.07) is 5.90. The van der Waals surface area contributed by atoms with Crippen LogP contribution in [0.1, 0.15) is 33.7 Å². The van der Waals surface area contributed by atoms with Crippen LogP contribution >= 0.6 is 11.3 Å². The van der Waals surface area contributed by atoms with E-state index in [9.17, 15) is 8.42 Å². The molecular weight excluding hydrogens is 390 g/mol. The Morgan fingerprint density at radius 3 is 2.32 bits per heavy atom. The number of nitrogens with one attached hydrogen (secondary N) is 1. The normalized spacial score (nSPS) is 11.7. The van der Waals surface area contributed by atoms with Gasteiger partial charge in [0.1, 0.15) is 0 Å². The van der Waals surface area contributed by atoms with Crippen molar-refractivity contribution in [3.63, 3.8) is 0 Å². The molecule has 0 amide bonds. The van der Waals surface area contributed by atoms with Gasteiger partial charge in [-0.1, -0.05) is 6.07 Å². The Morgan fingerprint density at radius 2 is 1.68 bits per heavy atom. The maximum absolute atomic E-state index is 12.8. The first kappa shape index (κ1) is 20.6. The zero-order chi connectivity index (χ0) is 20.3. The molecule has 148 valence electrons. The quantitative estimate of drug-likeness (QED) is 0.582. The summed E-state index contributed by atoms with van der Waals surface area (Å²) in [6.07, 6.45) is 4.94. The Hall–Kier alpha value is -2.09. The molecule has 0 bridgehead atoms. The minimum absolute atomic E-state index is 0.387. The molecule has 28 heavy (non-hydrogen) atoms. The predicted molar refractivity (Wildman–Crippen MR) is 114 cm³/mol. The molecule has 5 nitrogen and oxygen atoms in total. The fourth-order valence-electron chi connectivity index (χ4n) is 3.18. The van der Waals surface area contributed by atoms with Crippen LogP contribution in [0.25, 0.3) is 11.3 Å². The third-order valence-electron chi connectivity index (χ3n) is 4.95. The van der Waals surface area contributed by atoms with Gasteiger partial charge in [-0.25, -0.2) is 18.1 Å². The summed E-state index contributed by atoms with van der Waals surface area (Å²) in [6.45, 7) is 8.02. The number of aryl methyl sites for hydroxylation is 3. The van der Waals surface area contributed by atoms with Gasteiger partial charge in [-0.3, -0.25) is 4.98 Å². The van der Waals surface area contributed by atoms with Crippen molar-refractivity contribution in [2.24, 2.45) is 0 Å². The smallest absolute Gasteiger partial charge is 0.241 e. The summed E-state index contributed by atoms with van der Waals surface area (Å²) in [5, 5.41) is 3.03. The number of pyridine rings is 1. The van der Waals surface area contributed by atoms with Crippen molar-refractivity contribution < 1.29 is 8.42 Å². The Balaban J connectivity index is 1.62. The van der Waals surface area contributed by atoms with Gasteiger partial charge in [-0.15, -0.1) is 11.3 Å². The lowest BCUT2D eigenvalue weighted by Crippen LogP contribution is -2.27. The van der Waals surface area contributed by atoms with Crippen LogP contribution in [0, 0.1) is 27.7 Å². The van der Waals surface area contributed by atoms with Crippen LogP contribution in [-0.4, -0.2) is 24.9 Å². The van der Waals surface area contributed by atoms with E-state index in [0.29, 0.717) is 17.9 Å². The van der Waals surface area contributed by atoms with E-state index in [4.69, 9.17) is 0 Å². The molecule has 2 heterocycles. The predicted octanol–water partition coefficient (Wildman–Crippen LogP) is 4.35. The molecule has 0 aliphatic heterocycles. The number of benzene rings is 1. The van der Waals surface area contributed by atoms with Gasteiger partial charge >= 0.3 is 0 Å². The molecule has 3 aromatic rings. The van der Waals surface area contributed by atoms with Crippen LogP contribution in [0.15, 0.2) is 40.9 Å². The summed E-state index contributed by atoms with van der Waals surface area (Å²) in [5.41, 5.74) is 5.60. The molecule has 0 unspecified atom stereocenters. The zero-order valence-electron chi connectivity index (χ0n) is 16.6. The molecule has 2 aromatic heterocycles. The second-order valence-corrected chi connectivity index (χ2v) is 9.60. The molecule has 0 aliphatic rings. The largest absolute Gasteiger partial charge is 0.265 e. The second kappa shape index (κ2) is 8.51. The van der Waals surface area contributed by atoms with Gasteiger partial charge in [0.2, 0.25) is 10.0 Å². The summed E-state index contributed by atoms with van der Waals surface area (Å²) < 4.78 is 28.5. The summed E-state index contributed by atoms with van der Waals surface area (Å²) >= 11 is 1.60. The van der Waals surface area contributed by atoms with Crippen LogP contribution in [0.4, 0.5) is 0 Å². The zero-order valence-corrected chi connectivity index (χ0v) is 18.2. The van der Waals surface area contributed by atoms with Gasteiger partial charge in [0.15, 0.2) is 0 Å². The summed E-state index contributed by atoms with van der Waals surface area (Å²) in [4.78, 5) is 9.07. The van der Waals surface area contributed by atoms with Gasteiger partial charge in [0.05, 0.1) is 15.6 Å². The van der Waals surface area contributed by atoms with Gasteiger partial charge in [-0.2, -0.15) is 0 Å². The molecule has 0 saturated carbocycles. The lowest BCUT2D eigenvalue weighted by atomic mass is 10.0. The molecule has 7 heteroatoms. The van der Waals surface area contributed by atoms with Gasteiger partial charge in [0.25, 0.3) is 0 Å². The molecule has 0 fully saturated rings. The maximum Gasteiger partial charge on any atom is 0.241 e. The second-order valence-electron chi connectivity index (χ2n) is 6.95. The summed E-state index contributed by atoms with van der Waals surface area (Å²) in [5.74, 6) is 0. The number of hydrogen-bond donors (Lipinski definition) is 1. The Morgan fingerprint density at radius 1 is 1.04 bits per heavy atom. The fourth-order valence-corrected chi connectivity index (χ4v) is 5.72. The van der Waals surface area contributed by atoms with Crippen molar-refractivity contribution in [1.82, 2.24) is 14.7 Å². The molecule has 0 radical (unpaired) electrons. The van der Waals surface area contributed by atoms with Crippen molar-refractivity contribution in [2.75, 3.05) is 6.54 Å². The number of sulfonamides is 1. The van der Waals surface area contributed by atoms with E-state index in [1.807, 2.05) is 51.3 Å². The van der Waals surface area contributed by atoms with Crippen LogP contribution in [0.2, 0.25) is 0 Å². The van der Waals surface area contributed by atoms with Crippen molar-refractivity contribution in [3.8, 4) is 11.3 Å². The Bertz CT molecular complexity index is 1050. The molecule has 3 rings (SSSR count). The number of aromatic nitrogens is 2. The lowest BCUT2D eigenvalue weighted by molar-refractivity contribution is 0.577. The number of nitrogens with zero attached hydrogens (tertiary/aromatic N) is 2. The third kappa shape index (κ3) is 4.48. The minimum atomic E-state index is -3.53.